The number of benzene rings is 8. The molecule has 0 saturated heterocycles. The lowest BCUT2D eigenvalue weighted by Gasteiger charge is -2.25. The van der Waals surface area contributed by atoms with E-state index in [9.17, 15) is 0 Å². The van der Waals surface area contributed by atoms with Gasteiger partial charge in [-0.25, -0.2) is 15.0 Å². The molecule has 2 heterocycles. The predicted molar refractivity (Wildman–Crippen MR) is 221 cm³/mol. The number of nitrogens with zero attached hydrogens (tertiary/aromatic N) is 4. The Labute approximate surface area is 312 Å². The normalized spacial score (nSPS) is 11.3. The van der Waals surface area contributed by atoms with Crippen molar-refractivity contribution in [1.82, 2.24) is 15.0 Å². The molecule has 0 spiro atoms. The first-order valence-electron chi connectivity index (χ1n) is 18.0. The topological polar surface area (TPSA) is 55.1 Å². The van der Waals surface area contributed by atoms with Crippen molar-refractivity contribution in [2.24, 2.45) is 0 Å². The second-order valence-corrected chi connectivity index (χ2v) is 13.3. The van der Waals surface area contributed by atoms with Crippen LogP contribution in [0.15, 0.2) is 199 Å². The van der Waals surface area contributed by atoms with Crippen molar-refractivity contribution in [3.05, 3.63) is 194 Å². The van der Waals surface area contributed by atoms with Gasteiger partial charge in [0.1, 0.15) is 11.2 Å². The average Bonchev–Trinajstić information content (AvgIpc) is 3.64. The molecule has 0 amide bonds. The van der Waals surface area contributed by atoms with E-state index in [-0.39, 0.29) is 0 Å². The molecular weight excluding hydrogens is 661 g/mol. The summed E-state index contributed by atoms with van der Waals surface area (Å²) in [6.45, 7) is 0. The van der Waals surface area contributed by atoms with Crippen molar-refractivity contribution in [3.8, 4) is 45.3 Å². The molecule has 2 aromatic heterocycles. The molecule has 0 unspecified atom stereocenters. The quantitative estimate of drug-likeness (QED) is 0.166. The summed E-state index contributed by atoms with van der Waals surface area (Å²) in [5.74, 6) is 1.88. The lowest BCUT2D eigenvalue weighted by molar-refractivity contribution is 0.673. The van der Waals surface area contributed by atoms with Crippen LogP contribution in [0, 0.1) is 0 Å². The second kappa shape index (κ2) is 13.3. The zero-order valence-electron chi connectivity index (χ0n) is 29.2. The second-order valence-electron chi connectivity index (χ2n) is 13.3. The number of furan rings is 1. The first-order chi connectivity index (χ1) is 26.8. The Hall–Kier alpha value is -7.37. The first kappa shape index (κ1) is 31.4. The molecule has 8 aromatic carbocycles. The first-order valence-corrected chi connectivity index (χ1v) is 18.0. The van der Waals surface area contributed by atoms with E-state index < -0.39 is 0 Å². The molecule has 0 aliphatic rings. The minimum Gasteiger partial charge on any atom is -0.455 e. The van der Waals surface area contributed by atoms with Crippen molar-refractivity contribution in [3.63, 3.8) is 0 Å². The Morgan fingerprint density at radius 2 is 0.889 bits per heavy atom. The van der Waals surface area contributed by atoms with E-state index in [1.807, 2.05) is 72.8 Å². The zero-order chi connectivity index (χ0) is 35.8. The maximum atomic E-state index is 6.77. The van der Waals surface area contributed by atoms with Crippen molar-refractivity contribution in [1.29, 1.82) is 0 Å². The molecule has 5 heteroatoms. The summed E-state index contributed by atoms with van der Waals surface area (Å²) in [6.07, 6.45) is 0. The highest BCUT2D eigenvalue weighted by Gasteiger charge is 2.20. The fourth-order valence-corrected chi connectivity index (χ4v) is 7.33. The molecule has 0 bridgehead atoms. The molecular formula is C49H32N4O. The predicted octanol–water partition coefficient (Wildman–Crippen LogP) is 13.1. The minimum absolute atomic E-state index is 0.613. The standard InChI is InChI=1S/C49H32N4O/c1-5-16-33(17-6-1)47-50-48(34-18-7-2-8-19-34)52-49(51-47)37-22-15-21-35(30-37)42-31-36-20-13-14-27-41(36)46-45(42)43-32-40(28-29-44(43)54-46)53(38-23-9-3-10-24-38)39-25-11-4-12-26-39/h1-32H. The van der Waals surface area contributed by atoms with Gasteiger partial charge in [-0.3, -0.25) is 0 Å². The van der Waals surface area contributed by atoms with Crippen LogP contribution in [0.2, 0.25) is 0 Å². The summed E-state index contributed by atoms with van der Waals surface area (Å²) in [4.78, 5) is 17.3. The number of para-hydroxylation sites is 2. The third-order valence-electron chi connectivity index (χ3n) is 9.86. The lowest BCUT2D eigenvalue weighted by atomic mass is 9.94. The highest BCUT2D eigenvalue weighted by atomic mass is 16.3. The Kier molecular flexibility index (Phi) is 7.73. The van der Waals surface area contributed by atoms with Crippen molar-refractivity contribution >= 4 is 49.8 Å². The molecule has 0 fully saturated rings. The van der Waals surface area contributed by atoms with Crippen LogP contribution in [-0.4, -0.2) is 15.0 Å². The third-order valence-corrected chi connectivity index (χ3v) is 9.86. The molecule has 0 radical (unpaired) electrons. The summed E-state index contributed by atoms with van der Waals surface area (Å²) in [7, 11) is 0. The molecule has 5 nitrogen and oxygen atoms in total. The van der Waals surface area contributed by atoms with E-state index in [2.05, 4.69) is 126 Å². The maximum Gasteiger partial charge on any atom is 0.164 e. The Bertz CT molecular complexity index is 2830. The van der Waals surface area contributed by atoms with Crippen LogP contribution in [0.25, 0.3) is 78.0 Å². The highest BCUT2D eigenvalue weighted by Crippen LogP contribution is 2.44. The highest BCUT2D eigenvalue weighted by molar-refractivity contribution is 6.21. The van der Waals surface area contributed by atoms with E-state index in [1.54, 1.807) is 0 Å². The number of rotatable bonds is 7. The Balaban J connectivity index is 1.18. The Morgan fingerprint density at radius 1 is 0.370 bits per heavy atom. The molecule has 0 saturated carbocycles. The van der Waals surface area contributed by atoms with Crippen LogP contribution in [0.1, 0.15) is 0 Å². The van der Waals surface area contributed by atoms with E-state index in [4.69, 9.17) is 19.4 Å². The fraction of sp³-hybridized carbons (Fsp3) is 0. The van der Waals surface area contributed by atoms with Crippen molar-refractivity contribution < 1.29 is 4.42 Å². The Morgan fingerprint density at radius 3 is 1.52 bits per heavy atom. The summed E-state index contributed by atoms with van der Waals surface area (Å²) in [6, 6.07) is 66.8. The molecule has 0 aliphatic carbocycles. The van der Waals surface area contributed by atoms with Crippen LogP contribution in [0.4, 0.5) is 17.1 Å². The molecule has 54 heavy (non-hydrogen) atoms. The minimum atomic E-state index is 0.613. The van der Waals surface area contributed by atoms with Gasteiger partial charge in [0.2, 0.25) is 0 Å². The van der Waals surface area contributed by atoms with Gasteiger partial charge >= 0.3 is 0 Å². The molecule has 254 valence electrons. The SMILES string of the molecule is c1ccc(-c2nc(-c3ccccc3)nc(-c3cccc(-c4cc5ccccc5c5oc6ccc(N(c7ccccc7)c7ccccc7)cc6c45)c3)n2)cc1. The number of fused-ring (bicyclic) bond motifs is 5. The molecule has 0 N–H and O–H groups in total. The summed E-state index contributed by atoms with van der Waals surface area (Å²) < 4.78 is 6.77. The van der Waals surface area contributed by atoms with E-state index >= 15 is 0 Å². The largest absolute Gasteiger partial charge is 0.455 e. The van der Waals surface area contributed by atoms with Crippen LogP contribution in [-0.2, 0) is 0 Å². The zero-order valence-corrected chi connectivity index (χ0v) is 29.2. The van der Waals surface area contributed by atoms with Crippen LogP contribution in [0.5, 0.6) is 0 Å². The number of anilines is 3. The molecule has 0 aliphatic heterocycles. The van der Waals surface area contributed by atoms with Gasteiger partial charge in [0.05, 0.1) is 0 Å². The van der Waals surface area contributed by atoms with Gasteiger partial charge in [-0.05, 0) is 71.1 Å². The van der Waals surface area contributed by atoms with Crippen LogP contribution < -0.4 is 4.90 Å². The van der Waals surface area contributed by atoms with Gasteiger partial charge in [0, 0.05) is 49.9 Å². The van der Waals surface area contributed by atoms with Gasteiger partial charge in [-0.1, -0.05) is 140 Å². The number of hydrogen-bond donors (Lipinski definition) is 0. The van der Waals surface area contributed by atoms with Gasteiger partial charge in [-0.15, -0.1) is 0 Å². The van der Waals surface area contributed by atoms with Crippen molar-refractivity contribution in [2.75, 3.05) is 4.90 Å². The summed E-state index contributed by atoms with van der Waals surface area (Å²) >= 11 is 0. The average molecular weight is 693 g/mol. The van der Waals surface area contributed by atoms with Gasteiger partial charge < -0.3 is 9.32 Å². The van der Waals surface area contributed by atoms with Gasteiger partial charge in [0.25, 0.3) is 0 Å². The number of aromatic nitrogens is 3. The van der Waals surface area contributed by atoms with E-state index in [1.165, 1.54) is 0 Å². The number of hydrogen-bond acceptors (Lipinski definition) is 5. The lowest BCUT2D eigenvalue weighted by Crippen LogP contribution is -2.09. The van der Waals surface area contributed by atoms with Gasteiger partial charge in [0.15, 0.2) is 17.5 Å². The van der Waals surface area contributed by atoms with Crippen LogP contribution in [0.3, 0.4) is 0 Å². The van der Waals surface area contributed by atoms with E-state index in [0.717, 1.165) is 77.6 Å². The van der Waals surface area contributed by atoms with E-state index in [0.29, 0.717) is 17.5 Å². The molecule has 10 rings (SSSR count). The smallest absolute Gasteiger partial charge is 0.164 e. The monoisotopic (exact) mass is 692 g/mol. The van der Waals surface area contributed by atoms with Crippen LogP contribution >= 0.6 is 0 Å². The maximum absolute atomic E-state index is 6.77. The van der Waals surface area contributed by atoms with Crippen molar-refractivity contribution in [2.45, 2.75) is 0 Å². The molecule has 0 atom stereocenters. The molecule has 10 aromatic rings. The fourth-order valence-electron chi connectivity index (χ4n) is 7.33. The summed E-state index contributed by atoms with van der Waals surface area (Å²) in [5, 5.41) is 4.29. The van der Waals surface area contributed by atoms with Gasteiger partial charge in [-0.2, -0.15) is 0 Å². The summed E-state index contributed by atoms with van der Waals surface area (Å²) in [5.41, 5.74) is 9.80. The third kappa shape index (κ3) is 5.65.